The molecule has 1 unspecified atom stereocenters. The third-order valence-corrected chi connectivity index (χ3v) is 4.45. The van der Waals surface area contributed by atoms with Gasteiger partial charge >= 0.3 is 5.69 Å². The Hall–Kier alpha value is -2.63. The minimum absolute atomic E-state index is 0.0839. The zero-order valence-electron chi connectivity index (χ0n) is 13.7. The van der Waals surface area contributed by atoms with Crippen LogP contribution in [-0.4, -0.2) is 41.0 Å². The molecule has 1 fully saturated rings. The molecule has 0 radical (unpaired) electrons. The number of ether oxygens (including phenoxy) is 1. The van der Waals surface area contributed by atoms with Crippen LogP contribution in [0.4, 0.5) is 0 Å². The second-order valence-electron chi connectivity index (χ2n) is 6.00. The first-order chi connectivity index (χ1) is 11.7. The van der Waals surface area contributed by atoms with Crippen LogP contribution in [0, 0.1) is 0 Å². The number of nitrogens with one attached hydrogen (secondary N) is 1. The van der Waals surface area contributed by atoms with Crippen LogP contribution in [0.25, 0.3) is 0 Å². The average molecular weight is 327 g/mol. The summed E-state index contributed by atoms with van der Waals surface area (Å²) < 4.78 is 5.32. The number of methoxy groups -OCH3 is 1. The summed E-state index contributed by atoms with van der Waals surface area (Å²) in [5, 5.41) is 0. The highest BCUT2D eigenvalue weighted by molar-refractivity contribution is 5.79. The van der Waals surface area contributed by atoms with Gasteiger partial charge in [0.1, 0.15) is 5.75 Å². The van der Waals surface area contributed by atoms with Crippen LogP contribution in [0.5, 0.6) is 5.75 Å². The molecule has 2 aromatic rings. The number of benzene rings is 1. The molecule has 0 aliphatic carbocycles. The minimum Gasteiger partial charge on any atom is -0.496 e. The first-order valence-corrected chi connectivity index (χ1v) is 8.12. The van der Waals surface area contributed by atoms with Gasteiger partial charge in [-0.3, -0.25) is 4.79 Å². The number of piperidine rings is 1. The summed E-state index contributed by atoms with van der Waals surface area (Å²) in [6.45, 7) is 1.37. The zero-order chi connectivity index (χ0) is 16.9. The predicted octanol–water partition coefficient (Wildman–Crippen LogP) is 1.73. The van der Waals surface area contributed by atoms with Crippen molar-refractivity contribution in [1.82, 2.24) is 14.9 Å². The highest BCUT2D eigenvalue weighted by Gasteiger charge is 2.25. The van der Waals surface area contributed by atoms with E-state index in [0.29, 0.717) is 13.0 Å². The van der Waals surface area contributed by atoms with E-state index in [4.69, 9.17) is 4.74 Å². The number of aromatic nitrogens is 2. The van der Waals surface area contributed by atoms with Crippen molar-refractivity contribution < 1.29 is 9.53 Å². The van der Waals surface area contributed by atoms with Gasteiger partial charge < -0.3 is 14.6 Å². The van der Waals surface area contributed by atoms with Crippen LogP contribution in [0.1, 0.15) is 30.0 Å². The molecular weight excluding hydrogens is 306 g/mol. The average Bonchev–Trinajstić information content (AvgIpc) is 2.62. The Morgan fingerprint density at radius 3 is 3.00 bits per heavy atom. The number of aromatic amines is 1. The monoisotopic (exact) mass is 327 g/mol. The van der Waals surface area contributed by atoms with Crippen molar-refractivity contribution in [1.29, 1.82) is 0 Å². The van der Waals surface area contributed by atoms with E-state index in [1.807, 2.05) is 35.2 Å². The van der Waals surface area contributed by atoms with Gasteiger partial charge in [-0.05, 0) is 25.0 Å². The maximum absolute atomic E-state index is 12.7. The lowest BCUT2D eigenvalue weighted by Gasteiger charge is -2.33. The summed E-state index contributed by atoms with van der Waals surface area (Å²) in [4.78, 5) is 32.4. The molecule has 1 aromatic carbocycles. The van der Waals surface area contributed by atoms with Crippen molar-refractivity contribution in [2.24, 2.45) is 0 Å². The molecule has 6 heteroatoms. The fourth-order valence-corrected chi connectivity index (χ4v) is 3.20. The Kier molecular flexibility index (Phi) is 4.93. The van der Waals surface area contributed by atoms with Gasteiger partial charge in [0.25, 0.3) is 0 Å². The lowest BCUT2D eigenvalue weighted by molar-refractivity contribution is -0.131. The number of amides is 1. The number of para-hydroxylation sites is 1. The highest BCUT2D eigenvalue weighted by atomic mass is 16.5. The Bertz CT molecular complexity index is 772. The Morgan fingerprint density at radius 2 is 2.21 bits per heavy atom. The van der Waals surface area contributed by atoms with Crippen LogP contribution in [0.2, 0.25) is 0 Å². The van der Waals surface area contributed by atoms with Crippen molar-refractivity contribution in [2.75, 3.05) is 20.2 Å². The number of nitrogens with zero attached hydrogens (tertiary/aromatic N) is 2. The molecule has 1 N–H and O–H groups in total. The van der Waals surface area contributed by atoms with Gasteiger partial charge in [-0.2, -0.15) is 0 Å². The van der Waals surface area contributed by atoms with E-state index in [1.54, 1.807) is 7.11 Å². The second kappa shape index (κ2) is 7.29. The van der Waals surface area contributed by atoms with Crippen molar-refractivity contribution >= 4 is 5.91 Å². The molecule has 0 saturated carbocycles. The van der Waals surface area contributed by atoms with Gasteiger partial charge in [0.15, 0.2) is 0 Å². The molecule has 6 nitrogen and oxygen atoms in total. The molecule has 3 rings (SSSR count). The predicted molar refractivity (Wildman–Crippen MR) is 90.1 cm³/mol. The van der Waals surface area contributed by atoms with E-state index in [-0.39, 0.29) is 17.5 Å². The maximum Gasteiger partial charge on any atom is 0.345 e. The molecule has 24 heavy (non-hydrogen) atoms. The van der Waals surface area contributed by atoms with Crippen LogP contribution in [0.15, 0.2) is 41.3 Å². The molecule has 0 spiro atoms. The molecule has 1 amide bonds. The standard InChI is InChI=1S/C18H21N3O3/c1-24-16-7-3-2-5-13(16)11-17(22)21-10-4-6-14(12-21)15-8-9-19-18(23)20-15/h2-3,5,7-9,14H,4,6,10-12H2,1H3,(H,19,20,23). The number of carbonyl (C=O) groups is 1. The summed E-state index contributed by atoms with van der Waals surface area (Å²) in [5.41, 5.74) is 1.40. The molecule has 126 valence electrons. The fraction of sp³-hybridized carbons (Fsp3) is 0.389. The van der Waals surface area contributed by atoms with Crippen molar-refractivity contribution in [3.63, 3.8) is 0 Å². The number of likely N-dealkylation sites (tertiary alicyclic amines) is 1. The van der Waals surface area contributed by atoms with Crippen molar-refractivity contribution in [3.05, 3.63) is 58.3 Å². The van der Waals surface area contributed by atoms with Gasteiger partial charge in [-0.1, -0.05) is 18.2 Å². The topological polar surface area (TPSA) is 75.3 Å². The van der Waals surface area contributed by atoms with E-state index in [0.717, 1.165) is 36.4 Å². The van der Waals surface area contributed by atoms with Gasteiger partial charge in [-0.15, -0.1) is 0 Å². The maximum atomic E-state index is 12.7. The van der Waals surface area contributed by atoms with E-state index < -0.39 is 0 Å². The summed E-state index contributed by atoms with van der Waals surface area (Å²) in [6.07, 6.45) is 3.72. The molecule has 2 heterocycles. The normalized spacial score (nSPS) is 17.5. The van der Waals surface area contributed by atoms with E-state index in [2.05, 4.69) is 9.97 Å². The Labute approximate surface area is 140 Å². The summed E-state index contributed by atoms with van der Waals surface area (Å²) in [7, 11) is 1.61. The van der Waals surface area contributed by atoms with E-state index in [9.17, 15) is 9.59 Å². The van der Waals surface area contributed by atoms with Crippen molar-refractivity contribution in [3.8, 4) is 5.75 Å². The molecule has 1 aliphatic rings. The lowest BCUT2D eigenvalue weighted by atomic mass is 9.94. The quantitative estimate of drug-likeness (QED) is 0.928. The number of hydrogen-bond acceptors (Lipinski definition) is 4. The number of carbonyl (C=O) groups excluding carboxylic acids is 1. The first kappa shape index (κ1) is 16.2. The van der Waals surface area contributed by atoms with Crippen LogP contribution in [-0.2, 0) is 11.2 Å². The lowest BCUT2D eigenvalue weighted by Crippen LogP contribution is -2.40. The number of hydrogen-bond donors (Lipinski definition) is 1. The van der Waals surface area contributed by atoms with Crippen molar-refractivity contribution in [2.45, 2.75) is 25.2 Å². The van der Waals surface area contributed by atoms with Gasteiger partial charge in [0.2, 0.25) is 5.91 Å². The van der Waals surface area contributed by atoms with Gasteiger partial charge in [0, 0.05) is 36.5 Å². The Balaban J connectivity index is 1.70. The minimum atomic E-state index is -0.343. The molecule has 1 aliphatic heterocycles. The van der Waals surface area contributed by atoms with Gasteiger partial charge in [0.05, 0.1) is 13.5 Å². The van der Waals surface area contributed by atoms with Gasteiger partial charge in [-0.25, -0.2) is 9.78 Å². The third-order valence-electron chi connectivity index (χ3n) is 4.45. The number of H-pyrrole nitrogens is 1. The largest absolute Gasteiger partial charge is 0.496 e. The summed E-state index contributed by atoms with van der Waals surface area (Å²) >= 11 is 0. The third kappa shape index (κ3) is 3.64. The SMILES string of the molecule is COc1ccccc1CC(=O)N1CCCC(c2ccnc(=O)[nH]2)C1. The highest BCUT2D eigenvalue weighted by Crippen LogP contribution is 2.26. The summed E-state index contributed by atoms with van der Waals surface area (Å²) in [5.74, 6) is 0.967. The first-order valence-electron chi connectivity index (χ1n) is 8.12. The van der Waals surface area contributed by atoms with Crippen LogP contribution >= 0.6 is 0 Å². The molecule has 1 aromatic heterocycles. The zero-order valence-corrected chi connectivity index (χ0v) is 13.7. The molecule has 1 saturated heterocycles. The van der Waals surface area contributed by atoms with Crippen LogP contribution < -0.4 is 10.4 Å². The number of rotatable bonds is 4. The van der Waals surface area contributed by atoms with E-state index >= 15 is 0 Å². The smallest absolute Gasteiger partial charge is 0.345 e. The molecular formula is C18H21N3O3. The Morgan fingerprint density at radius 1 is 1.38 bits per heavy atom. The molecule has 1 atom stereocenters. The van der Waals surface area contributed by atoms with Crippen LogP contribution in [0.3, 0.4) is 0 Å². The fourth-order valence-electron chi connectivity index (χ4n) is 3.20. The van der Waals surface area contributed by atoms with E-state index in [1.165, 1.54) is 6.20 Å². The molecule has 0 bridgehead atoms. The second-order valence-corrected chi connectivity index (χ2v) is 6.00. The summed E-state index contributed by atoms with van der Waals surface area (Å²) in [6, 6.07) is 9.40.